The van der Waals surface area contributed by atoms with Gasteiger partial charge in [0.05, 0.1) is 0 Å². The van der Waals surface area contributed by atoms with Crippen molar-refractivity contribution < 1.29 is 24.2 Å². The SMILES string of the molecule is CCCc1c(C(=O)Nc2cccc(OCC(=O)O)c2)[nH]c(C)c1C(C)=O. The van der Waals surface area contributed by atoms with E-state index < -0.39 is 12.6 Å². The zero-order valence-electron chi connectivity index (χ0n) is 15.0. The van der Waals surface area contributed by atoms with Gasteiger partial charge in [-0.1, -0.05) is 19.4 Å². The lowest BCUT2D eigenvalue weighted by atomic mass is 10.0. The van der Waals surface area contributed by atoms with Gasteiger partial charge >= 0.3 is 5.97 Å². The van der Waals surface area contributed by atoms with E-state index in [1.165, 1.54) is 6.92 Å². The Labute approximate surface area is 151 Å². The van der Waals surface area contributed by atoms with Crippen LogP contribution in [0.4, 0.5) is 5.69 Å². The number of benzene rings is 1. The minimum absolute atomic E-state index is 0.0784. The predicted octanol–water partition coefficient (Wildman–Crippen LogP) is 3.19. The molecule has 0 fully saturated rings. The fraction of sp³-hybridized carbons (Fsp3) is 0.316. The summed E-state index contributed by atoms with van der Waals surface area (Å²) in [5.74, 6) is -1.18. The number of ketones is 1. The number of aromatic nitrogens is 1. The van der Waals surface area contributed by atoms with Crippen molar-refractivity contribution in [2.75, 3.05) is 11.9 Å². The molecule has 0 spiro atoms. The third-order valence-corrected chi connectivity index (χ3v) is 3.82. The lowest BCUT2D eigenvalue weighted by molar-refractivity contribution is -0.139. The third kappa shape index (κ3) is 4.50. The lowest BCUT2D eigenvalue weighted by Gasteiger charge is -2.09. The van der Waals surface area contributed by atoms with Crippen molar-refractivity contribution in [1.29, 1.82) is 0 Å². The van der Waals surface area contributed by atoms with Gasteiger partial charge in [-0.15, -0.1) is 0 Å². The third-order valence-electron chi connectivity index (χ3n) is 3.82. The number of hydrogen-bond acceptors (Lipinski definition) is 4. The van der Waals surface area contributed by atoms with Crippen LogP contribution in [0.15, 0.2) is 24.3 Å². The Hall–Kier alpha value is -3.09. The molecule has 0 atom stereocenters. The second-order valence-electron chi connectivity index (χ2n) is 5.95. The van der Waals surface area contributed by atoms with Crippen LogP contribution in [-0.4, -0.2) is 34.4 Å². The highest BCUT2D eigenvalue weighted by Crippen LogP contribution is 2.23. The number of carboxylic acid groups (broad SMARTS) is 1. The van der Waals surface area contributed by atoms with Crippen molar-refractivity contribution in [1.82, 2.24) is 4.98 Å². The number of amides is 1. The molecule has 138 valence electrons. The quantitative estimate of drug-likeness (QED) is 0.628. The Morgan fingerprint density at radius 1 is 1.27 bits per heavy atom. The maximum atomic E-state index is 12.7. The number of hydrogen-bond donors (Lipinski definition) is 3. The van der Waals surface area contributed by atoms with E-state index in [9.17, 15) is 14.4 Å². The first-order valence-electron chi connectivity index (χ1n) is 8.31. The summed E-state index contributed by atoms with van der Waals surface area (Å²) in [4.78, 5) is 38.2. The highest BCUT2D eigenvalue weighted by Gasteiger charge is 2.22. The molecule has 26 heavy (non-hydrogen) atoms. The molecule has 3 N–H and O–H groups in total. The van der Waals surface area contributed by atoms with Crippen LogP contribution in [0.3, 0.4) is 0 Å². The van der Waals surface area contributed by atoms with E-state index in [1.807, 2.05) is 6.92 Å². The largest absolute Gasteiger partial charge is 0.482 e. The fourth-order valence-electron chi connectivity index (χ4n) is 2.85. The van der Waals surface area contributed by atoms with E-state index in [4.69, 9.17) is 9.84 Å². The minimum Gasteiger partial charge on any atom is -0.482 e. The molecular formula is C19H22N2O5. The Morgan fingerprint density at radius 2 is 2.00 bits per heavy atom. The summed E-state index contributed by atoms with van der Waals surface area (Å²) in [6.45, 7) is 4.78. The molecule has 7 heteroatoms. The Balaban J connectivity index is 2.25. The number of aryl methyl sites for hydroxylation is 1. The van der Waals surface area contributed by atoms with Crippen molar-refractivity contribution >= 4 is 23.3 Å². The summed E-state index contributed by atoms with van der Waals surface area (Å²) in [7, 11) is 0. The van der Waals surface area contributed by atoms with Crippen molar-refractivity contribution in [3.8, 4) is 5.75 Å². The van der Waals surface area contributed by atoms with Gasteiger partial charge in [-0.2, -0.15) is 0 Å². The van der Waals surface area contributed by atoms with Gasteiger partial charge in [0, 0.05) is 23.0 Å². The van der Waals surface area contributed by atoms with Crippen molar-refractivity contribution in [2.45, 2.75) is 33.6 Å². The van der Waals surface area contributed by atoms with E-state index in [0.29, 0.717) is 40.4 Å². The molecule has 1 heterocycles. The number of H-pyrrole nitrogens is 1. The highest BCUT2D eigenvalue weighted by molar-refractivity contribution is 6.07. The van der Waals surface area contributed by atoms with Crippen LogP contribution in [-0.2, 0) is 11.2 Å². The fourth-order valence-corrected chi connectivity index (χ4v) is 2.85. The number of carboxylic acids is 1. The van der Waals surface area contributed by atoms with E-state index in [-0.39, 0.29) is 11.7 Å². The molecule has 0 aliphatic rings. The maximum Gasteiger partial charge on any atom is 0.341 e. The van der Waals surface area contributed by atoms with Gasteiger partial charge in [0.2, 0.25) is 0 Å². The summed E-state index contributed by atoms with van der Waals surface area (Å²) in [5, 5.41) is 11.4. The van der Waals surface area contributed by atoms with Crippen LogP contribution in [0.25, 0.3) is 0 Å². The molecule has 1 aromatic carbocycles. The molecule has 0 saturated heterocycles. The molecule has 0 radical (unpaired) electrons. The highest BCUT2D eigenvalue weighted by atomic mass is 16.5. The van der Waals surface area contributed by atoms with Gasteiger partial charge in [0.15, 0.2) is 12.4 Å². The monoisotopic (exact) mass is 358 g/mol. The molecule has 7 nitrogen and oxygen atoms in total. The number of carbonyl (C=O) groups is 3. The van der Waals surface area contributed by atoms with Crippen LogP contribution < -0.4 is 10.1 Å². The van der Waals surface area contributed by atoms with Gasteiger partial charge < -0.3 is 20.1 Å². The predicted molar refractivity (Wildman–Crippen MR) is 97.1 cm³/mol. The van der Waals surface area contributed by atoms with Crippen LogP contribution in [0.2, 0.25) is 0 Å². The van der Waals surface area contributed by atoms with Crippen LogP contribution in [0.1, 0.15) is 52.4 Å². The second kappa shape index (κ2) is 8.33. The second-order valence-corrected chi connectivity index (χ2v) is 5.95. The summed E-state index contributed by atoms with van der Waals surface area (Å²) in [5.41, 5.74) is 2.79. The first-order valence-corrected chi connectivity index (χ1v) is 8.31. The van der Waals surface area contributed by atoms with E-state index in [2.05, 4.69) is 10.3 Å². The van der Waals surface area contributed by atoms with Crippen molar-refractivity contribution in [3.05, 3.63) is 46.8 Å². The smallest absolute Gasteiger partial charge is 0.341 e. The van der Waals surface area contributed by atoms with Gasteiger partial charge in [0.25, 0.3) is 5.91 Å². The minimum atomic E-state index is -1.08. The number of aromatic amines is 1. The van der Waals surface area contributed by atoms with Crippen molar-refractivity contribution in [2.24, 2.45) is 0 Å². The normalized spacial score (nSPS) is 10.4. The molecule has 0 saturated carbocycles. The Morgan fingerprint density at radius 3 is 2.62 bits per heavy atom. The van der Waals surface area contributed by atoms with Gasteiger partial charge in [0.1, 0.15) is 11.4 Å². The molecule has 0 aliphatic heterocycles. The topological polar surface area (TPSA) is 108 Å². The van der Waals surface area contributed by atoms with Gasteiger partial charge in [-0.05, 0) is 38.0 Å². The Kier molecular flexibility index (Phi) is 6.16. The summed E-state index contributed by atoms with van der Waals surface area (Å²) >= 11 is 0. The van der Waals surface area contributed by atoms with Gasteiger partial charge in [-0.25, -0.2) is 4.79 Å². The van der Waals surface area contributed by atoms with Crippen LogP contribution in [0, 0.1) is 6.92 Å². The number of aliphatic carboxylic acids is 1. The molecule has 0 aliphatic carbocycles. The lowest BCUT2D eigenvalue weighted by Crippen LogP contribution is -2.15. The molecule has 0 bridgehead atoms. The molecule has 2 rings (SSSR count). The number of anilines is 1. The number of Topliss-reactive ketones (excluding diaryl/α,β-unsaturated/α-hetero) is 1. The number of nitrogens with one attached hydrogen (secondary N) is 2. The average Bonchev–Trinajstić information content (AvgIpc) is 2.90. The standard InChI is InChI=1S/C19H22N2O5/c1-4-6-15-17(12(3)22)11(2)20-18(15)19(25)21-13-7-5-8-14(9-13)26-10-16(23)24/h5,7-9,20H,4,6,10H2,1-3H3,(H,21,25)(H,23,24). The first kappa shape index (κ1) is 19.2. The number of rotatable bonds is 8. The maximum absolute atomic E-state index is 12.7. The summed E-state index contributed by atoms with van der Waals surface area (Å²) in [6, 6.07) is 6.48. The van der Waals surface area contributed by atoms with E-state index in [1.54, 1.807) is 31.2 Å². The molecule has 2 aromatic rings. The molecule has 1 amide bonds. The number of ether oxygens (including phenoxy) is 1. The average molecular weight is 358 g/mol. The number of carbonyl (C=O) groups excluding carboxylic acids is 2. The summed E-state index contributed by atoms with van der Waals surface area (Å²) in [6.07, 6.45) is 1.42. The van der Waals surface area contributed by atoms with Crippen molar-refractivity contribution in [3.63, 3.8) is 0 Å². The first-order chi connectivity index (χ1) is 12.3. The van der Waals surface area contributed by atoms with E-state index >= 15 is 0 Å². The molecular weight excluding hydrogens is 336 g/mol. The zero-order chi connectivity index (χ0) is 19.3. The van der Waals surface area contributed by atoms with E-state index in [0.717, 1.165) is 6.42 Å². The molecule has 1 aromatic heterocycles. The van der Waals surface area contributed by atoms with Crippen LogP contribution in [0.5, 0.6) is 5.75 Å². The zero-order valence-corrected chi connectivity index (χ0v) is 15.0. The van der Waals surface area contributed by atoms with Crippen LogP contribution >= 0.6 is 0 Å². The molecule has 0 unspecified atom stereocenters. The van der Waals surface area contributed by atoms with Gasteiger partial charge in [-0.3, -0.25) is 9.59 Å². The summed E-state index contributed by atoms with van der Waals surface area (Å²) < 4.78 is 5.11. The Bertz CT molecular complexity index is 838.